The number of hydrogen-bond acceptors (Lipinski definition) is 5. The molecule has 0 saturated carbocycles. The van der Waals surface area contributed by atoms with Crippen molar-refractivity contribution in [2.75, 3.05) is 6.61 Å². The third-order valence-corrected chi connectivity index (χ3v) is 5.14. The van der Waals surface area contributed by atoms with E-state index in [0.29, 0.717) is 17.3 Å². The minimum absolute atomic E-state index is 0.0344. The summed E-state index contributed by atoms with van der Waals surface area (Å²) in [7, 11) is 0. The van der Waals surface area contributed by atoms with E-state index in [-0.39, 0.29) is 42.3 Å². The summed E-state index contributed by atoms with van der Waals surface area (Å²) in [6.45, 7) is 3.35. The van der Waals surface area contributed by atoms with E-state index in [1.54, 1.807) is 13.8 Å². The Morgan fingerprint density at radius 1 is 1.23 bits per heavy atom. The van der Waals surface area contributed by atoms with Gasteiger partial charge in [-0.2, -0.15) is 0 Å². The van der Waals surface area contributed by atoms with Gasteiger partial charge < -0.3 is 9.64 Å². The highest BCUT2D eigenvalue weighted by Crippen LogP contribution is 2.38. The highest BCUT2D eigenvalue weighted by molar-refractivity contribution is 5.95. The van der Waals surface area contributed by atoms with Gasteiger partial charge in [0, 0.05) is 36.2 Å². The first kappa shape index (κ1) is 22.1. The monoisotopic (exact) mass is 430 g/mol. The van der Waals surface area contributed by atoms with Crippen LogP contribution in [0.1, 0.15) is 37.3 Å². The molecular weight excluding hydrogens is 410 g/mol. The fourth-order valence-corrected chi connectivity index (χ4v) is 3.63. The maximum Gasteiger partial charge on any atom is 0.336 e. The summed E-state index contributed by atoms with van der Waals surface area (Å²) in [4.78, 5) is 37.3. The molecule has 1 amide bonds. The van der Waals surface area contributed by atoms with Crippen LogP contribution in [-0.4, -0.2) is 28.3 Å². The van der Waals surface area contributed by atoms with Crippen molar-refractivity contribution in [3.8, 4) is 0 Å². The summed E-state index contributed by atoms with van der Waals surface area (Å²) >= 11 is 0. The number of halogens is 2. The summed E-state index contributed by atoms with van der Waals surface area (Å²) < 4.78 is 33.0. The number of nitro benzene ring substituents is 1. The van der Waals surface area contributed by atoms with Crippen molar-refractivity contribution >= 4 is 17.6 Å². The molecule has 2 aromatic carbocycles. The number of allylic oxidation sites excluding steroid dienone is 1. The van der Waals surface area contributed by atoms with Crippen LogP contribution in [0, 0.1) is 21.7 Å². The summed E-state index contributed by atoms with van der Waals surface area (Å²) in [5.74, 6) is -3.58. The Morgan fingerprint density at radius 3 is 2.48 bits per heavy atom. The highest BCUT2D eigenvalue weighted by atomic mass is 19.1. The van der Waals surface area contributed by atoms with Crippen molar-refractivity contribution < 1.29 is 28.0 Å². The van der Waals surface area contributed by atoms with Gasteiger partial charge in [0.1, 0.15) is 11.6 Å². The highest BCUT2D eigenvalue weighted by Gasteiger charge is 2.38. The number of esters is 1. The molecule has 1 aliphatic rings. The number of rotatable bonds is 6. The number of carbonyl (C=O) groups is 2. The predicted molar refractivity (Wildman–Crippen MR) is 107 cm³/mol. The normalized spacial score (nSPS) is 16.5. The number of nitro groups is 1. The lowest BCUT2D eigenvalue weighted by Gasteiger charge is -2.34. The Balaban J connectivity index is 2.01. The molecule has 1 aliphatic heterocycles. The average Bonchev–Trinajstić information content (AvgIpc) is 2.71. The Morgan fingerprint density at radius 2 is 1.90 bits per heavy atom. The van der Waals surface area contributed by atoms with Gasteiger partial charge in [-0.1, -0.05) is 18.2 Å². The molecular formula is C22H20F2N2O5. The second-order valence-electron chi connectivity index (χ2n) is 7.05. The minimum atomic E-state index is -0.916. The summed E-state index contributed by atoms with van der Waals surface area (Å²) in [6, 6.07) is 8.70. The summed E-state index contributed by atoms with van der Waals surface area (Å²) in [5.41, 5.74) is 0.982. The predicted octanol–water partition coefficient (Wildman–Crippen LogP) is 4.23. The van der Waals surface area contributed by atoms with E-state index >= 15 is 0 Å². The Hall–Kier alpha value is -3.62. The molecule has 0 saturated heterocycles. The van der Waals surface area contributed by atoms with Crippen molar-refractivity contribution in [2.45, 2.75) is 32.7 Å². The molecule has 1 atom stereocenters. The maximum absolute atomic E-state index is 14.5. The van der Waals surface area contributed by atoms with Gasteiger partial charge >= 0.3 is 5.97 Å². The minimum Gasteiger partial charge on any atom is -0.463 e. The lowest BCUT2D eigenvalue weighted by Crippen LogP contribution is -2.38. The van der Waals surface area contributed by atoms with Gasteiger partial charge in [-0.05, 0) is 31.0 Å². The van der Waals surface area contributed by atoms with Crippen molar-refractivity contribution in [1.29, 1.82) is 0 Å². The molecule has 0 N–H and O–H groups in total. The number of hydrogen-bond donors (Lipinski definition) is 0. The lowest BCUT2D eigenvalue weighted by molar-refractivity contribution is -0.384. The third kappa shape index (κ3) is 4.60. The molecule has 7 nitrogen and oxygen atoms in total. The van der Waals surface area contributed by atoms with E-state index in [1.165, 1.54) is 35.2 Å². The molecule has 0 aromatic heterocycles. The van der Waals surface area contributed by atoms with Crippen molar-refractivity contribution in [1.82, 2.24) is 4.90 Å². The lowest BCUT2D eigenvalue weighted by atomic mass is 9.83. The number of carbonyl (C=O) groups excluding carboxylic acids is 2. The molecule has 0 fully saturated rings. The SMILES string of the molecule is CCOC(=O)C1=C(C)N(Cc2ccc([N+](=O)[O-])cc2)C(=O)CC1c1ccc(F)cc1F. The van der Waals surface area contributed by atoms with E-state index in [2.05, 4.69) is 0 Å². The topological polar surface area (TPSA) is 89.8 Å². The van der Waals surface area contributed by atoms with Crippen molar-refractivity contribution in [3.05, 3.63) is 86.6 Å². The molecule has 0 aliphatic carbocycles. The van der Waals surface area contributed by atoms with Crippen LogP contribution in [-0.2, 0) is 20.9 Å². The smallest absolute Gasteiger partial charge is 0.336 e. The van der Waals surface area contributed by atoms with E-state index in [1.807, 2.05) is 0 Å². The zero-order valence-corrected chi connectivity index (χ0v) is 16.9. The Bertz CT molecular complexity index is 1070. The first-order valence-corrected chi connectivity index (χ1v) is 9.59. The van der Waals surface area contributed by atoms with E-state index in [4.69, 9.17) is 4.74 Å². The van der Waals surface area contributed by atoms with Crippen molar-refractivity contribution in [2.24, 2.45) is 0 Å². The zero-order chi connectivity index (χ0) is 22.7. The molecule has 0 spiro atoms. The molecule has 0 radical (unpaired) electrons. The Labute approximate surface area is 177 Å². The zero-order valence-electron chi connectivity index (χ0n) is 16.9. The number of nitrogens with zero attached hydrogens (tertiary/aromatic N) is 2. The van der Waals surface area contributed by atoms with Crippen LogP contribution in [0.5, 0.6) is 0 Å². The Kier molecular flexibility index (Phi) is 6.43. The fraction of sp³-hybridized carbons (Fsp3) is 0.273. The van der Waals surface area contributed by atoms with E-state index in [9.17, 15) is 28.5 Å². The summed E-state index contributed by atoms with van der Waals surface area (Å²) in [5, 5.41) is 10.8. The second-order valence-corrected chi connectivity index (χ2v) is 7.05. The van der Waals surface area contributed by atoms with Gasteiger partial charge in [0.05, 0.1) is 23.6 Å². The van der Waals surface area contributed by atoms with Crippen LogP contribution < -0.4 is 0 Å². The van der Waals surface area contributed by atoms with Crippen LogP contribution in [0.15, 0.2) is 53.7 Å². The van der Waals surface area contributed by atoms with E-state index in [0.717, 1.165) is 6.07 Å². The van der Waals surface area contributed by atoms with Gasteiger partial charge in [-0.3, -0.25) is 14.9 Å². The number of amides is 1. The molecule has 1 unspecified atom stereocenters. The largest absolute Gasteiger partial charge is 0.463 e. The van der Waals surface area contributed by atoms with Gasteiger partial charge in [0.15, 0.2) is 0 Å². The molecule has 162 valence electrons. The average molecular weight is 430 g/mol. The molecule has 2 aromatic rings. The molecule has 3 rings (SSSR count). The summed E-state index contributed by atoms with van der Waals surface area (Å²) in [6.07, 6.45) is -0.207. The number of non-ortho nitro benzene ring substituents is 1. The number of ether oxygens (including phenoxy) is 1. The molecule has 1 heterocycles. The van der Waals surface area contributed by atoms with Crippen molar-refractivity contribution in [3.63, 3.8) is 0 Å². The van der Waals surface area contributed by atoms with E-state index < -0.39 is 28.4 Å². The van der Waals surface area contributed by atoms with Gasteiger partial charge in [0.2, 0.25) is 5.91 Å². The second kappa shape index (κ2) is 9.03. The first-order valence-electron chi connectivity index (χ1n) is 9.59. The quantitative estimate of drug-likeness (QED) is 0.389. The first-order chi connectivity index (χ1) is 14.7. The van der Waals surface area contributed by atoms with Gasteiger partial charge in [-0.15, -0.1) is 0 Å². The van der Waals surface area contributed by atoms with Crippen LogP contribution >= 0.6 is 0 Å². The van der Waals surface area contributed by atoms with Gasteiger partial charge in [0.25, 0.3) is 5.69 Å². The van der Waals surface area contributed by atoms with Crippen LogP contribution in [0.2, 0.25) is 0 Å². The van der Waals surface area contributed by atoms with Gasteiger partial charge in [-0.25, -0.2) is 13.6 Å². The van der Waals surface area contributed by atoms with Crippen LogP contribution in [0.3, 0.4) is 0 Å². The van der Waals surface area contributed by atoms with Crippen LogP contribution in [0.4, 0.5) is 14.5 Å². The number of benzene rings is 2. The standard InChI is InChI=1S/C22H20F2N2O5/c1-3-31-22(28)21-13(2)25(12-14-4-7-16(8-5-14)26(29)30)20(27)11-18(21)17-9-6-15(23)10-19(17)24/h4-10,18H,3,11-12H2,1-2H3. The maximum atomic E-state index is 14.5. The third-order valence-electron chi connectivity index (χ3n) is 5.14. The molecule has 31 heavy (non-hydrogen) atoms. The molecule has 9 heteroatoms. The van der Waals surface area contributed by atoms with Crippen LogP contribution in [0.25, 0.3) is 0 Å². The fourth-order valence-electron chi connectivity index (χ4n) is 3.63. The molecule has 0 bridgehead atoms.